The lowest BCUT2D eigenvalue weighted by molar-refractivity contribution is 0.322. The summed E-state index contributed by atoms with van der Waals surface area (Å²) in [6.07, 6.45) is 3.62. The molecule has 0 atom stereocenters. The van der Waals surface area contributed by atoms with Crippen molar-refractivity contribution in [3.05, 3.63) is 6.33 Å². The summed E-state index contributed by atoms with van der Waals surface area (Å²) in [5, 5.41) is 9.76. The van der Waals surface area contributed by atoms with Crippen molar-refractivity contribution in [3.63, 3.8) is 0 Å². The maximum atomic E-state index is 8.91. The molecule has 2 aromatic heterocycles. The Morgan fingerprint density at radius 3 is 3.00 bits per heavy atom. The molecule has 0 saturated heterocycles. The van der Waals surface area contributed by atoms with Gasteiger partial charge in [0.15, 0.2) is 22.1 Å². The Labute approximate surface area is 110 Å². The van der Waals surface area contributed by atoms with E-state index in [-0.39, 0.29) is 6.61 Å². The number of nitrogens with two attached hydrogens (primary N) is 1. The van der Waals surface area contributed by atoms with Crippen molar-refractivity contribution in [2.75, 3.05) is 18.1 Å². The van der Waals surface area contributed by atoms with E-state index >= 15 is 0 Å². The standard InChI is InChI=1S/C11H17N5OS/c1-2-3-4-16-10-8(9(12)13-7-14-10)15-11(16)18-6-5-17/h7,17H,2-6H2,1H3,(H2,12,13,14). The van der Waals surface area contributed by atoms with Crippen molar-refractivity contribution in [2.45, 2.75) is 31.5 Å². The highest BCUT2D eigenvalue weighted by Gasteiger charge is 2.14. The molecule has 0 aliphatic carbocycles. The number of fused-ring (bicyclic) bond motifs is 1. The number of aliphatic hydroxyl groups excluding tert-OH is 1. The quantitative estimate of drug-likeness (QED) is 0.767. The first-order valence-corrected chi connectivity index (χ1v) is 6.96. The Morgan fingerprint density at radius 2 is 2.28 bits per heavy atom. The number of aliphatic hydroxyl groups is 1. The average molecular weight is 267 g/mol. The van der Waals surface area contributed by atoms with E-state index in [1.807, 2.05) is 0 Å². The monoisotopic (exact) mass is 267 g/mol. The van der Waals surface area contributed by atoms with Gasteiger partial charge in [-0.05, 0) is 6.42 Å². The summed E-state index contributed by atoms with van der Waals surface area (Å²) in [6.45, 7) is 3.13. The minimum Gasteiger partial charge on any atom is -0.396 e. The molecule has 0 aliphatic rings. The lowest BCUT2D eigenvalue weighted by Crippen LogP contribution is -2.02. The first-order valence-electron chi connectivity index (χ1n) is 5.98. The molecule has 98 valence electrons. The van der Waals surface area contributed by atoms with Crippen molar-refractivity contribution in [1.82, 2.24) is 19.5 Å². The second-order valence-electron chi connectivity index (χ2n) is 3.90. The fourth-order valence-corrected chi connectivity index (χ4v) is 2.46. The van der Waals surface area contributed by atoms with Gasteiger partial charge in [-0.15, -0.1) is 0 Å². The Morgan fingerprint density at radius 1 is 1.44 bits per heavy atom. The number of thioether (sulfide) groups is 1. The smallest absolute Gasteiger partial charge is 0.170 e. The van der Waals surface area contributed by atoms with Gasteiger partial charge in [0.05, 0.1) is 6.61 Å². The lowest BCUT2D eigenvalue weighted by Gasteiger charge is -2.06. The Kier molecular flexibility index (Phi) is 4.38. The van der Waals surface area contributed by atoms with Crippen LogP contribution in [0.5, 0.6) is 0 Å². The molecule has 0 aliphatic heterocycles. The number of nitrogens with zero attached hydrogens (tertiary/aromatic N) is 4. The second kappa shape index (κ2) is 6.01. The SMILES string of the molecule is CCCCn1c(SCCO)nc2c(N)ncnc21. The van der Waals surface area contributed by atoms with Crippen LogP contribution < -0.4 is 5.73 Å². The zero-order chi connectivity index (χ0) is 13.0. The number of anilines is 1. The first kappa shape index (κ1) is 13.1. The molecule has 0 bridgehead atoms. The summed E-state index contributed by atoms with van der Waals surface area (Å²) in [4.78, 5) is 12.7. The highest BCUT2D eigenvalue weighted by atomic mass is 32.2. The predicted octanol–water partition coefficient (Wildman–Crippen LogP) is 1.29. The maximum Gasteiger partial charge on any atom is 0.170 e. The van der Waals surface area contributed by atoms with Gasteiger partial charge in [-0.3, -0.25) is 0 Å². The molecule has 0 amide bonds. The molecule has 18 heavy (non-hydrogen) atoms. The van der Waals surface area contributed by atoms with Gasteiger partial charge in [-0.1, -0.05) is 25.1 Å². The largest absolute Gasteiger partial charge is 0.396 e. The van der Waals surface area contributed by atoms with Crippen LogP contribution in [0.15, 0.2) is 11.5 Å². The molecule has 2 heterocycles. The lowest BCUT2D eigenvalue weighted by atomic mass is 10.3. The van der Waals surface area contributed by atoms with Gasteiger partial charge in [0, 0.05) is 12.3 Å². The molecule has 0 spiro atoms. The van der Waals surface area contributed by atoms with Crippen LogP contribution in [0, 0.1) is 0 Å². The third-order valence-corrected chi connectivity index (χ3v) is 3.54. The van der Waals surface area contributed by atoms with Gasteiger partial charge in [0.2, 0.25) is 0 Å². The number of imidazole rings is 1. The zero-order valence-corrected chi connectivity index (χ0v) is 11.2. The van der Waals surface area contributed by atoms with Gasteiger partial charge in [0.25, 0.3) is 0 Å². The topological polar surface area (TPSA) is 89.8 Å². The van der Waals surface area contributed by atoms with Crippen LogP contribution in [0.4, 0.5) is 5.82 Å². The molecule has 7 heteroatoms. The van der Waals surface area contributed by atoms with Crippen molar-refractivity contribution in [1.29, 1.82) is 0 Å². The molecule has 0 radical (unpaired) electrons. The maximum absolute atomic E-state index is 8.91. The first-order chi connectivity index (χ1) is 8.77. The molecule has 3 N–H and O–H groups in total. The normalized spacial score (nSPS) is 11.2. The molecule has 6 nitrogen and oxygen atoms in total. The van der Waals surface area contributed by atoms with Gasteiger partial charge >= 0.3 is 0 Å². The third kappa shape index (κ3) is 2.56. The highest BCUT2D eigenvalue weighted by Crippen LogP contribution is 2.25. The summed E-state index contributed by atoms with van der Waals surface area (Å²) in [5.74, 6) is 1.02. The molecule has 2 rings (SSSR count). The predicted molar refractivity (Wildman–Crippen MR) is 72.5 cm³/mol. The van der Waals surface area contributed by atoms with E-state index in [2.05, 4.69) is 26.4 Å². The number of aryl methyl sites for hydroxylation is 1. The van der Waals surface area contributed by atoms with E-state index < -0.39 is 0 Å². The van der Waals surface area contributed by atoms with Gasteiger partial charge < -0.3 is 15.4 Å². The fourth-order valence-electron chi connectivity index (χ4n) is 1.70. The Hall–Kier alpha value is -1.34. The molecular weight excluding hydrogens is 250 g/mol. The van der Waals surface area contributed by atoms with Crippen molar-refractivity contribution >= 4 is 28.7 Å². The average Bonchev–Trinajstić information content (AvgIpc) is 2.73. The van der Waals surface area contributed by atoms with Crippen LogP contribution in [-0.2, 0) is 6.54 Å². The van der Waals surface area contributed by atoms with Gasteiger partial charge in [-0.2, -0.15) is 0 Å². The van der Waals surface area contributed by atoms with E-state index in [1.165, 1.54) is 18.1 Å². The molecule has 0 unspecified atom stereocenters. The molecule has 0 fully saturated rings. The van der Waals surface area contributed by atoms with E-state index in [1.54, 1.807) is 0 Å². The summed E-state index contributed by atoms with van der Waals surface area (Å²) >= 11 is 1.51. The zero-order valence-electron chi connectivity index (χ0n) is 10.3. The van der Waals surface area contributed by atoms with Crippen LogP contribution in [0.3, 0.4) is 0 Å². The molecule has 0 saturated carbocycles. The Bertz CT molecular complexity index is 527. The van der Waals surface area contributed by atoms with Crippen LogP contribution in [0.25, 0.3) is 11.2 Å². The number of unbranched alkanes of at least 4 members (excludes halogenated alkanes) is 1. The minimum absolute atomic E-state index is 0.128. The van der Waals surface area contributed by atoms with E-state index in [4.69, 9.17) is 10.8 Å². The van der Waals surface area contributed by atoms with Gasteiger partial charge in [-0.25, -0.2) is 15.0 Å². The van der Waals surface area contributed by atoms with Crippen molar-refractivity contribution in [2.24, 2.45) is 0 Å². The second-order valence-corrected chi connectivity index (χ2v) is 4.96. The minimum atomic E-state index is 0.128. The number of aromatic nitrogens is 4. The molecule has 0 aromatic carbocycles. The summed E-state index contributed by atoms with van der Waals surface area (Å²) in [7, 11) is 0. The summed E-state index contributed by atoms with van der Waals surface area (Å²) < 4.78 is 2.05. The summed E-state index contributed by atoms with van der Waals surface area (Å²) in [5.41, 5.74) is 7.23. The van der Waals surface area contributed by atoms with Gasteiger partial charge in [0.1, 0.15) is 6.33 Å². The van der Waals surface area contributed by atoms with Crippen LogP contribution in [-0.4, -0.2) is 37.0 Å². The van der Waals surface area contributed by atoms with Crippen LogP contribution in [0.2, 0.25) is 0 Å². The highest BCUT2D eigenvalue weighted by molar-refractivity contribution is 7.99. The third-order valence-electron chi connectivity index (χ3n) is 2.58. The molecular formula is C11H17N5OS. The van der Waals surface area contributed by atoms with Crippen molar-refractivity contribution < 1.29 is 5.11 Å². The summed E-state index contributed by atoms with van der Waals surface area (Å²) in [6, 6.07) is 0. The van der Waals surface area contributed by atoms with Crippen LogP contribution in [0.1, 0.15) is 19.8 Å². The number of hydrogen-bond donors (Lipinski definition) is 2. The number of rotatable bonds is 6. The van der Waals surface area contributed by atoms with E-state index in [0.717, 1.165) is 30.2 Å². The Balaban J connectivity index is 2.42. The van der Waals surface area contributed by atoms with Crippen LogP contribution >= 0.6 is 11.8 Å². The van der Waals surface area contributed by atoms with Crippen molar-refractivity contribution in [3.8, 4) is 0 Å². The fraction of sp³-hybridized carbons (Fsp3) is 0.545. The molecule has 2 aromatic rings. The number of nitrogen functional groups attached to an aromatic ring is 1. The van der Waals surface area contributed by atoms with E-state index in [0.29, 0.717) is 17.1 Å². The van der Waals surface area contributed by atoms with E-state index in [9.17, 15) is 0 Å². The number of hydrogen-bond acceptors (Lipinski definition) is 6.